The predicted molar refractivity (Wildman–Crippen MR) is 93.5 cm³/mol. The van der Waals surface area contributed by atoms with Crippen LogP contribution in [0.2, 0.25) is 0 Å². The number of thiophene rings is 1. The molecule has 0 radical (unpaired) electrons. The second-order valence-electron chi connectivity index (χ2n) is 5.48. The monoisotopic (exact) mass is 322 g/mol. The lowest BCUT2D eigenvalue weighted by Gasteiger charge is -2.23. The molecule has 0 aliphatic carbocycles. The van der Waals surface area contributed by atoms with Crippen molar-refractivity contribution in [2.75, 3.05) is 5.01 Å². The summed E-state index contributed by atoms with van der Waals surface area (Å²) < 4.78 is 13.2. The van der Waals surface area contributed by atoms with Crippen LogP contribution >= 0.6 is 11.3 Å². The topological polar surface area (TPSA) is 15.6 Å². The maximum Gasteiger partial charge on any atom is 0.123 e. The first-order chi connectivity index (χ1) is 11.3. The molecule has 2 heterocycles. The molecule has 114 valence electrons. The number of benzene rings is 2. The zero-order chi connectivity index (χ0) is 15.6. The number of hydrazone groups is 1. The Balaban J connectivity index is 1.75. The minimum absolute atomic E-state index is 0.138. The lowest BCUT2D eigenvalue weighted by atomic mass is 10.0. The normalized spacial score (nSPS) is 17.3. The van der Waals surface area contributed by atoms with Crippen LogP contribution < -0.4 is 5.01 Å². The highest BCUT2D eigenvalue weighted by atomic mass is 32.1. The first-order valence-electron chi connectivity index (χ1n) is 7.52. The molecule has 1 aliphatic rings. The smallest absolute Gasteiger partial charge is 0.123 e. The third-order valence-corrected chi connectivity index (χ3v) is 4.91. The predicted octanol–water partition coefficient (Wildman–Crippen LogP) is 5.24. The molecular formula is C19H15FN2S. The lowest BCUT2D eigenvalue weighted by molar-refractivity contribution is 0.626. The number of nitrogens with zero attached hydrogens (tertiary/aromatic N) is 2. The van der Waals surface area contributed by atoms with Crippen molar-refractivity contribution in [3.63, 3.8) is 0 Å². The van der Waals surface area contributed by atoms with Gasteiger partial charge in [0.15, 0.2) is 0 Å². The first kappa shape index (κ1) is 14.2. The Morgan fingerprint density at radius 3 is 2.43 bits per heavy atom. The van der Waals surface area contributed by atoms with Crippen LogP contribution in [-0.2, 0) is 0 Å². The van der Waals surface area contributed by atoms with Gasteiger partial charge in [0.1, 0.15) is 5.82 Å². The van der Waals surface area contributed by atoms with Crippen molar-refractivity contribution in [1.82, 2.24) is 0 Å². The number of anilines is 1. The van der Waals surface area contributed by atoms with Crippen LogP contribution in [0.5, 0.6) is 0 Å². The second kappa shape index (κ2) is 5.97. The van der Waals surface area contributed by atoms with E-state index in [9.17, 15) is 4.39 Å². The fourth-order valence-corrected chi connectivity index (χ4v) is 3.59. The van der Waals surface area contributed by atoms with E-state index in [2.05, 4.69) is 23.6 Å². The quantitative estimate of drug-likeness (QED) is 0.643. The van der Waals surface area contributed by atoms with Gasteiger partial charge in [0.25, 0.3) is 0 Å². The minimum atomic E-state index is -0.230. The maximum atomic E-state index is 13.2. The van der Waals surface area contributed by atoms with Gasteiger partial charge in [0, 0.05) is 6.42 Å². The highest BCUT2D eigenvalue weighted by Gasteiger charge is 2.30. The molecule has 0 unspecified atom stereocenters. The van der Waals surface area contributed by atoms with Gasteiger partial charge in [-0.05, 0) is 41.3 Å². The molecular weight excluding hydrogens is 307 g/mol. The molecule has 0 saturated heterocycles. The van der Waals surface area contributed by atoms with E-state index >= 15 is 0 Å². The van der Waals surface area contributed by atoms with Crippen LogP contribution in [0.4, 0.5) is 10.1 Å². The zero-order valence-corrected chi connectivity index (χ0v) is 13.2. The van der Waals surface area contributed by atoms with Gasteiger partial charge in [-0.15, -0.1) is 11.3 Å². The first-order valence-corrected chi connectivity index (χ1v) is 8.40. The second-order valence-corrected chi connectivity index (χ2v) is 6.42. The Morgan fingerprint density at radius 1 is 0.957 bits per heavy atom. The highest BCUT2D eigenvalue weighted by Crippen LogP contribution is 2.37. The molecule has 1 aromatic heterocycles. The molecule has 0 N–H and O–H groups in total. The van der Waals surface area contributed by atoms with Gasteiger partial charge in [-0.25, -0.2) is 4.39 Å². The Bertz CT molecular complexity index is 810. The van der Waals surface area contributed by atoms with E-state index in [1.54, 1.807) is 23.5 Å². The Kier molecular flexibility index (Phi) is 3.67. The van der Waals surface area contributed by atoms with Crippen molar-refractivity contribution in [3.05, 3.63) is 88.4 Å². The van der Waals surface area contributed by atoms with Crippen LogP contribution in [-0.4, -0.2) is 5.71 Å². The number of hydrogen-bond donors (Lipinski definition) is 0. The van der Waals surface area contributed by atoms with Crippen LogP contribution in [0.25, 0.3) is 0 Å². The number of halogens is 1. The molecule has 0 spiro atoms. The summed E-state index contributed by atoms with van der Waals surface area (Å²) in [5.74, 6) is -0.230. The van der Waals surface area contributed by atoms with Crippen molar-refractivity contribution in [2.45, 2.75) is 12.5 Å². The Hall–Kier alpha value is -2.46. The molecule has 0 amide bonds. The summed E-state index contributed by atoms with van der Waals surface area (Å²) >= 11 is 1.70. The fourth-order valence-electron chi connectivity index (χ4n) is 2.87. The molecule has 2 nitrogen and oxygen atoms in total. The Morgan fingerprint density at radius 2 is 1.74 bits per heavy atom. The molecule has 2 aromatic carbocycles. The molecule has 4 rings (SSSR count). The van der Waals surface area contributed by atoms with Crippen molar-refractivity contribution < 1.29 is 4.39 Å². The van der Waals surface area contributed by atoms with E-state index in [4.69, 9.17) is 5.10 Å². The molecule has 0 bridgehead atoms. The SMILES string of the molecule is Fc1ccc(N2N=C(c3cccs3)C[C@H]2c2ccccc2)cc1. The lowest BCUT2D eigenvalue weighted by Crippen LogP contribution is -2.18. The summed E-state index contributed by atoms with van der Waals surface area (Å²) in [6.07, 6.45) is 0.849. The Labute approximate surface area is 138 Å². The van der Waals surface area contributed by atoms with Crippen molar-refractivity contribution >= 4 is 22.7 Å². The number of rotatable bonds is 3. The average molecular weight is 322 g/mol. The standard InChI is InChI=1S/C19H15FN2S/c20-15-8-10-16(11-9-15)22-18(14-5-2-1-3-6-14)13-17(21-22)19-7-4-12-23-19/h1-12,18H,13H2/t18-/m0/s1. The van der Waals surface area contributed by atoms with E-state index in [0.29, 0.717) is 0 Å². The van der Waals surface area contributed by atoms with Crippen LogP contribution in [0, 0.1) is 5.82 Å². The van der Waals surface area contributed by atoms with E-state index in [1.807, 2.05) is 29.3 Å². The number of hydrogen-bond acceptors (Lipinski definition) is 3. The van der Waals surface area contributed by atoms with Crippen molar-refractivity contribution in [1.29, 1.82) is 0 Å². The maximum absolute atomic E-state index is 13.2. The van der Waals surface area contributed by atoms with Crippen LogP contribution in [0.15, 0.2) is 77.2 Å². The molecule has 1 aliphatic heterocycles. The van der Waals surface area contributed by atoms with Gasteiger partial charge in [-0.2, -0.15) is 5.10 Å². The van der Waals surface area contributed by atoms with E-state index < -0.39 is 0 Å². The molecule has 1 atom stereocenters. The van der Waals surface area contributed by atoms with Gasteiger partial charge in [-0.1, -0.05) is 36.4 Å². The summed E-state index contributed by atoms with van der Waals surface area (Å²) in [6.45, 7) is 0. The third-order valence-electron chi connectivity index (χ3n) is 3.99. The zero-order valence-electron chi connectivity index (χ0n) is 12.4. The minimum Gasteiger partial charge on any atom is -0.257 e. The van der Waals surface area contributed by atoms with Gasteiger partial charge in [0.2, 0.25) is 0 Å². The largest absolute Gasteiger partial charge is 0.257 e. The van der Waals surface area contributed by atoms with Gasteiger partial charge >= 0.3 is 0 Å². The van der Waals surface area contributed by atoms with Crippen molar-refractivity contribution in [2.24, 2.45) is 5.10 Å². The molecule has 0 saturated carbocycles. The molecule has 23 heavy (non-hydrogen) atoms. The fraction of sp³-hybridized carbons (Fsp3) is 0.105. The summed E-state index contributed by atoms with van der Waals surface area (Å²) in [6, 6.07) is 21.1. The molecule has 3 aromatic rings. The average Bonchev–Trinajstić information content (AvgIpc) is 3.26. The van der Waals surface area contributed by atoms with Crippen molar-refractivity contribution in [3.8, 4) is 0 Å². The van der Waals surface area contributed by atoms with Crippen LogP contribution in [0.3, 0.4) is 0 Å². The van der Waals surface area contributed by atoms with E-state index in [1.165, 1.54) is 22.6 Å². The highest BCUT2D eigenvalue weighted by molar-refractivity contribution is 7.12. The third kappa shape index (κ3) is 2.78. The summed E-state index contributed by atoms with van der Waals surface area (Å²) in [5.41, 5.74) is 3.21. The summed E-state index contributed by atoms with van der Waals surface area (Å²) in [5, 5.41) is 8.90. The molecule has 4 heteroatoms. The van der Waals surface area contributed by atoms with Gasteiger partial charge in [-0.3, -0.25) is 5.01 Å². The van der Waals surface area contributed by atoms with Gasteiger partial charge in [0.05, 0.1) is 22.3 Å². The van der Waals surface area contributed by atoms with E-state index in [-0.39, 0.29) is 11.9 Å². The summed E-state index contributed by atoms with van der Waals surface area (Å²) in [4.78, 5) is 1.19. The van der Waals surface area contributed by atoms with Gasteiger partial charge < -0.3 is 0 Å². The summed E-state index contributed by atoms with van der Waals surface area (Å²) in [7, 11) is 0. The van der Waals surface area contributed by atoms with E-state index in [0.717, 1.165) is 17.8 Å². The van der Waals surface area contributed by atoms with Crippen LogP contribution in [0.1, 0.15) is 22.9 Å². The molecule has 0 fully saturated rings.